The van der Waals surface area contributed by atoms with Gasteiger partial charge >= 0.3 is 6.01 Å². The van der Waals surface area contributed by atoms with Crippen LogP contribution in [-0.2, 0) is 6.54 Å². The number of hydrogen-bond acceptors (Lipinski definition) is 6. The molecule has 32 heavy (non-hydrogen) atoms. The lowest BCUT2D eigenvalue weighted by molar-refractivity contribution is 0.0966. The molecule has 5 rings (SSSR count). The van der Waals surface area contributed by atoms with E-state index in [1.165, 1.54) is 21.2 Å². The zero-order chi connectivity index (χ0) is 21.9. The highest BCUT2D eigenvalue weighted by Gasteiger charge is 2.30. The van der Waals surface area contributed by atoms with Crippen LogP contribution in [-0.4, -0.2) is 40.9 Å². The maximum atomic E-state index is 12.6. The number of carbonyl (C=O) groups is 1. The predicted molar refractivity (Wildman–Crippen MR) is 126 cm³/mol. The molecule has 1 unspecified atom stereocenters. The summed E-state index contributed by atoms with van der Waals surface area (Å²) in [5.41, 5.74) is 2.44. The Labute approximate surface area is 190 Å². The molecule has 4 aromatic rings. The lowest BCUT2D eigenvalue weighted by atomic mass is 9.95. The van der Waals surface area contributed by atoms with Crippen LogP contribution in [0.15, 0.2) is 67.0 Å². The minimum atomic E-state index is 0.0117. The van der Waals surface area contributed by atoms with Crippen molar-refractivity contribution in [3.63, 3.8) is 0 Å². The normalized spacial score (nSPS) is 16.3. The molecule has 1 saturated heterocycles. The number of nitrogens with zero attached hydrogens (tertiary/aromatic N) is 3. The number of ether oxygens (including phenoxy) is 1. The van der Waals surface area contributed by atoms with Crippen LogP contribution in [0.3, 0.4) is 0 Å². The number of hydrogen-bond donors (Lipinski definition) is 1. The van der Waals surface area contributed by atoms with Crippen LogP contribution in [0.25, 0.3) is 10.1 Å². The van der Waals surface area contributed by atoms with Gasteiger partial charge in [-0.05, 0) is 53.7 Å². The fourth-order valence-corrected chi connectivity index (χ4v) is 5.57. The first-order chi connectivity index (χ1) is 15.7. The first kappa shape index (κ1) is 20.6. The summed E-state index contributed by atoms with van der Waals surface area (Å²) in [6.45, 7) is 2.83. The van der Waals surface area contributed by atoms with Gasteiger partial charge in [-0.2, -0.15) is 0 Å². The van der Waals surface area contributed by atoms with Gasteiger partial charge in [0.25, 0.3) is 5.91 Å². The van der Waals surface area contributed by atoms with Gasteiger partial charge in [0.2, 0.25) is 0 Å². The van der Waals surface area contributed by atoms with Crippen molar-refractivity contribution >= 4 is 27.3 Å². The minimum absolute atomic E-state index is 0.0117. The topological polar surface area (TPSA) is 67.4 Å². The highest BCUT2D eigenvalue weighted by atomic mass is 32.1. The van der Waals surface area contributed by atoms with Gasteiger partial charge in [0.1, 0.15) is 5.75 Å². The molecule has 0 saturated carbocycles. The van der Waals surface area contributed by atoms with Crippen molar-refractivity contribution in [3.8, 4) is 11.8 Å². The number of benzene rings is 2. The van der Waals surface area contributed by atoms with Gasteiger partial charge in [-0.1, -0.05) is 30.3 Å². The molecule has 1 atom stereocenters. The van der Waals surface area contributed by atoms with E-state index in [2.05, 4.69) is 50.5 Å². The molecule has 0 aliphatic carbocycles. The Morgan fingerprint density at radius 1 is 1.12 bits per heavy atom. The monoisotopic (exact) mass is 444 g/mol. The SMILES string of the molecule is CNC(=O)c1sc2ccccc2c1C1CCN(Cc2ccc(Oc3ncccn3)cc2)C1. The van der Waals surface area contributed by atoms with E-state index >= 15 is 0 Å². The number of nitrogens with one attached hydrogen (secondary N) is 1. The van der Waals surface area contributed by atoms with Crippen LogP contribution in [0, 0.1) is 0 Å². The Morgan fingerprint density at radius 2 is 1.91 bits per heavy atom. The van der Waals surface area contributed by atoms with Gasteiger partial charge in [0.05, 0.1) is 4.88 Å². The highest BCUT2D eigenvalue weighted by molar-refractivity contribution is 7.21. The fourth-order valence-electron chi connectivity index (χ4n) is 4.33. The second kappa shape index (κ2) is 9.06. The summed E-state index contributed by atoms with van der Waals surface area (Å²) < 4.78 is 6.86. The second-order valence-corrected chi connectivity index (χ2v) is 8.97. The summed E-state index contributed by atoms with van der Waals surface area (Å²) in [5.74, 6) is 1.09. The molecule has 1 fully saturated rings. The molecule has 162 valence electrons. The van der Waals surface area contributed by atoms with Crippen molar-refractivity contribution in [2.45, 2.75) is 18.9 Å². The van der Waals surface area contributed by atoms with Gasteiger partial charge in [0, 0.05) is 43.1 Å². The van der Waals surface area contributed by atoms with Crippen LogP contribution in [0.4, 0.5) is 0 Å². The number of amides is 1. The fraction of sp³-hybridized carbons (Fsp3) is 0.240. The average Bonchev–Trinajstić information content (AvgIpc) is 3.45. The molecule has 1 aliphatic rings. The summed E-state index contributed by atoms with van der Waals surface area (Å²) in [7, 11) is 1.70. The first-order valence-electron chi connectivity index (χ1n) is 10.7. The summed E-state index contributed by atoms with van der Waals surface area (Å²) in [4.78, 5) is 24.1. The van der Waals surface area contributed by atoms with Gasteiger partial charge < -0.3 is 10.1 Å². The highest BCUT2D eigenvalue weighted by Crippen LogP contribution is 2.40. The Hall–Kier alpha value is -3.29. The number of fused-ring (bicyclic) bond motifs is 1. The van der Waals surface area contributed by atoms with Gasteiger partial charge in [0.15, 0.2) is 0 Å². The Balaban J connectivity index is 1.29. The standard InChI is InChI=1S/C25H24N4O2S/c1-26-24(30)23-22(20-5-2-3-6-21(20)32-23)18-11-14-29(16-18)15-17-7-9-19(10-8-17)31-25-27-12-4-13-28-25/h2-10,12-13,18H,11,14-16H2,1H3,(H,26,30). The van der Waals surface area contributed by atoms with E-state index in [1.54, 1.807) is 36.8 Å². The van der Waals surface area contributed by atoms with Crippen LogP contribution >= 0.6 is 11.3 Å². The zero-order valence-electron chi connectivity index (χ0n) is 17.8. The van der Waals surface area contributed by atoms with E-state index in [1.807, 2.05) is 18.2 Å². The third-order valence-electron chi connectivity index (χ3n) is 5.83. The maximum absolute atomic E-state index is 12.6. The first-order valence-corrected chi connectivity index (χ1v) is 11.5. The molecule has 1 amide bonds. The van der Waals surface area contributed by atoms with Gasteiger partial charge in [-0.25, -0.2) is 9.97 Å². The molecule has 1 N–H and O–H groups in total. The van der Waals surface area contributed by atoms with E-state index in [0.717, 1.165) is 36.7 Å². The summed E-state index contributed by atoms with van der Waals surface area (Å²) in [5, 5.41) is 4.03. The Bertz CT molecular complexity index is 1220. The van der Waals surface area contributed by atoms with Crippen molar-refractivity contribution in [2.75, 3.05) is 20.1 Å². The van der Waals surface area contributed by atoms with Crippen molar-refractivity contribution in [1.29, 1.82) is 0 Å². The lowest BCUT2D eigenvalue weighted by Crippen LogP contribution is -2.21. The van der Waals surface area contributed by atoms with Crippen molar-refractivity contribution in [3.05, 3.63) is 83.0 Å². The third-order valence-corrected chi connectivity index (χ3v) is 7.01. The number of rotatable bonds is 6. The molecule has 7 heteroatoms. The molecule has 0 spiro atoms. The molecule has 0 bridgehead atoms. The van der Waals surface area contributed by atoms with Crippen LogP contribution in [0.5, 0.6) is 11.8 Å². The number of carbonyl (C=O) groups excluding carboxylic acids is 1. The molecular weight excluding hydrogens is 420 g/mol. The number of aromatic nitrogens is 2. The second-order valence-electron chi connectivity index (χ2n) is 7.92. The largest absolute Gasteiger partial charge is 0.424 e. The average molecular weight is 445 g/mol. The van der Waals surface area contributed by atoms with E-state index in [4.69, 9.17) is 4.74 Å². The van der Waals surface area contributed by atoms with Gasteiger partial charge in [-0.3, -0.25) is 9.69 Å². The third kappa shape index (κ3) is 4.22. The van der Waals surface area contributed by atoms with Crippen LogP contribution in [0.1, 0.15) is 33.1 Å². The van der Waals surface area contributed by atoms with Crippen molar-refractivity contribution < 1.29 is 9.53 Å². The Kier molecular flexibility index (Phi) is 5.83. The summed E-state index contributed by atoms with van der Waals surface area (Å²) >= 11 is 1.60. The van der Waals surface area contributed by atoms with E-state index in [-0.39, 0.29) is 5.91 Å². The maximum Gasteiger partial charge on any atom is 0.321 e. The molecule has 6 nitrogen and oxygen atoms in total. The predicted octanol–water partition coefficient (Wildman–Crippen LogP) is 4.83. The molecule has 0 radical (unpaired) electrons. The van der Waals surface area contributed by atoms with Crippen molar-refractivity contribution in [2.24, 2.45) is 0 Å². The molecule has 2 aromatic heterocycles. The molecule has 1 aliphatic heterocycles. The minimum Gasteiger partial charge on any atom is -0.424 e. The van der Waals surface area contributed by atoms with E-state index in [9.17, 15) is 4.79 Å². The molecule has 3 heterocycles. The molecule has 2 aromatic carbocycles. The van der Waals surface area contributed by atoms with E-state index < -0.39 is 0 Å². The zero-order valence-corrected chi connectivity index (χ0v) is 18.6. The smallest absolute Gasteiger partial charge is 0.321 e. The lowest BCUT2D eigenvalue weighted by Gasteiger charge is -2.17. The van der Waals surface area contributed by atoms with E-state index in [0.29, 0.717) is 11.9 Å². The quantitative estimate of drug-likeness (QED) is 0.461. The number of likely N-dealkylation sites (tertiary alicyclic amines) is 1. The summed E-state index contributed by atoms with van der Waals surface area (Å²) in [6.07, 6.45) is 4.37. The van der Waals surface area contributed by atoms with Gasteiger partial charge in [-0.15, -0.1) is 11.3 Å². The van der Waals surface area contributed by atoms with Crippen LogP contribution in [0.2, 0.25) is 0 Å². The molecular formula is C25H24N4O2S. The van der Waals surface area contributed by atoms with Crippen molar-refractivity contribution in [1.82, 2.24) is 20.2 Å². The van der Waals surface area contributed by atoms with Crippen LogP contribution < -0.4 is 10.1 Å². The summed E-state index contributed by atoms with van der Waals surface area (Å²) in [6, 6.07) is 18.5. The number of thiophene rings is 1. The Morgan fingerprint density at radius 3 is 2.69 bits per heavy atom.